The number of amides is 1. The summed E-state index contributed by atoms with van der Waals surface area (Å²) in [4.78, 5) is 11.7. The second kappa shape index (κ2) is 6.29. The molecule has 19 heavy (non-hydrogen) atoms. The van der Waals surface area contributed by atoms with Crippen LogP contribution in [0.3, 0.4) is 0 Å². The number of aryl methyl sites for hydroxylation is 2. The predicted octanol–water partition coefficient (Wildman–Crippen LogP) is 3.01. The Balaban J connectivity index is 1.86. The molecule has 0 saturated heterocycles. The highest BCUT2D eigenvalue weighted by molar-refractivity contribution is 6.29. The molecule has 0 aliphatic carbocycles. The zero-order valence-corrected chi connectivity index (χ0v) is 11.3. The Bertz CT molecular complexity index is 569. The van der Waals surface area contributed by atoms with E-state index in [1.807, 2.05) is 25.1 Å². The molecule has 1 N–H and O–H groups in total. The highest BCUT2D eigenvalue weighted by atomic mass is 35.5. The quantitative estimate of drug-likeness (QED) is 0.933. The molecule has 0 radical (unpaired) electrons. The van der Waals surface area contributed by atoms with Crippen molar-refractivity contribution in [2.45, 2.75) is 19.8 Å². The molecule has 0 aliphatic rings. The van der Waals surface area contributed by atoms with Gasteiger partial charge in [0, 0.05) is 6.42 Å². The molecule has 0 unspecified atom stereocenters. The van der Waals surface area contributed by atoms with Crippen molar-refractivity contribution in [1.82, 2.24) is 10.2 Å². The fourth-order valence-electron chi connectivity index (χ4n) is 1.71. The summed E-state index contributed by atoms with van der Waals surface area (Å²) in [5.41, 5.74) is 2.35. The van der Waals surface area contributed by atoms with Crippen LogP contribution in [0.4, 0.5) is 5.82 Å². The van der Waals surface area contributed by atoms with E-state index in [0.717, 1.165) is 5.56 Å². The summed E-state index contributed by atoms with van der Waals surface area (Å²) >= 11 is 5.62. The maximum atomic E-state index is 11.7. The van der Waals surface area contributed by atoms with Gasteiger partial charge in [0.15, 0.2) is 11.0 Å². The predicted molar refractivity (Wildman–Crippen MR) is 75.2 cm³/mol. The molecule has 0 fully saturated rings. The van der Waals surface area contributed by atoms with Crippen molar-refractivity contribution >= 4 is 23.3 Å². The number of rotatable bonds is 4. The van der Waals surface area contributed by atoms with E-state index in [9.17, 15) is 4.79 Å². The number of nitrogens with one attached hydrogen (secondary N) is 1. The monoisotopic (exact) mass is 275 g/mol. The molecular weight excluding hydrogens is 262 g/mol. The third-order valence-corrected chi connectivity index (χ3v) is 2.82. The van der Waals surface area contributed by atoms with Crippen LogP contribution in [0.25, 0.3) is 0 Å². The standard InChI is InChI=1S/C14H14ClN3O/c1-10-3-2-4-11(9-10)5-8-14(19)16-13-7-6-12(15)17-18-13/h2-4,6-7,9H,5,8H2,1H3,(H,16,18,19). The Kier molecular flexibility index (Phi) is 4.47. The molecule has 98 valence electrons. The number of hydrogen-bond donors (Lipinski definition) is 1. The molecule has 0 aliphatic heterocycles. The van der Waals surface area contributed by atoms with Gasteiger partial charge in [0.2, 0.25) is 5.91 Å². The molecule has 2 aromatic rings. The molecule has 0 saturated carbocycles. The van der Waals surface area contributed by atoms with Crippen LogP contribution < -0.4 is 5.32 Å². The molecule has 1 amide bonds. The van der Waals surface area contributed by atoms with Crippen LogP contribution in [0.2, 0.25) is 5.15 Å². The lowest BCUT2D eigenvalue weighted by Crippen LogP contribution is -2.13. The zero-order chi connectivity index (χ0) is 13.7. The topological polar surface area (TPSA) is 54.9 Å². The summed E-state index contributed by atoms with van der Waals surface area (Å²) in [6.07, 6.45) is 1.11. The average Bonchev–Trinajstić information content (AvgIpc) is 2.39. The summed E-state index contributed by atoms with van der Waals surface area (Å²) < 4.78 is 0. The van der Waals surface area contributed by atoms with Crippen molar-refractivity contribution in [2.24, 2.45) is 0 Å². The van der Waals surface area contributed by atoms with Crippen LogP contribution in [-0.4, -0.2) is 16.1 Å². The van der Waals surface area contributed by atoms with Gasteiger partial charge in [-0.05, 0) is 31.0 Å². The molecule has 1 aromatic carbocycles. The second-order valence-corrected chi connectivity index (χ2v) is 4.67. The van der Waals surface area contributed by atoms with Crippen molar-refractivity contribution in [3.05, 3.63) is 52.7 Å². The fraction of sp³-hybridized carbons (Fsp3) is 0.214. The van der Waals surface area contributed by atoms with Gasteiger partial charge in [-0.1, -0.05) is 41.4 Å². The van der Waals surface area contributed by atoms with Crippen LogP contribution in [0, 0.1) is 6.92 Å². The minimum Gasteiger partial charge on any atom is -0.309 e. The molecule has 0 atom stereocenters. The van der Waals surface area contributed by atoms with E-state index < -0.39 is 0 Å². The molecule has 4 nitrogen and oxygen atoms in total. The Morgan fingerprint density at radius 3 is 2.79 bits per heavy atom. The lowest BCUT2D eigenvalue weighted by Gasteiger charge is -2.04. The van der Waals surface area contributed by atoms with Gasteiger partial charge in [-0.2, -0.15) is 0 Å². The normalized spacial score (nSPS) is 10.2. The number of hydrogen-bond acceptors (Lipinski definition) is 3. The summed E-state index contributed by atoms with van der Waals surface area (Å²) in [6.45, 7) is 2.03. The molecule has 0 bridgehead atoms. The first-order valence-corrected chi connectivity index (χ1v) is 6.36. The van der Waals surface area contributed by atoms with E-state index in [1.54, 1.807) is 12.1 Å². The molecular formula is C14H14ClN3O. The van der Waals surface area contributed by atoms with E-state index in [1.165, 1.54) is 5.56 Å². The summed E-state index contributed by atoms with van der Waals surface area (Å²) in [6, 6.07) is 11.3. The number of carbonyl (C=O) groups is 1. The van der Waals surface area contributed by atoms with Gasteiger partial charge in [0.05, 0.1) is 0 Å². The number of carbonyl (C=O) groups excluding carboxylic acids is 1. The Morgan fingerprint density at radius 1 is 1.26 bits per heavy atom. The molecule has 2 rings (SSSR count). The minimum atomic E-state index is -0.0851. The average molecular weight is 276 g/mol. The Hall–Kier alpha value is -1.94. The van der Waals surface area contributed by atoms with Gasteiger partial charge in [0.1, 0.15) is 0 Å². The largest absolute Gasteiger partial charge is 0.309 e. The summed E-state index contributed by atoms with van der Waals surface area (Å²) in [7, 11) is 0. The summed E-state index contributed by atoms with van der Waals surface area (Å²) in [5, 5.41) is 10.4. The van der Waals surface area contributed by atoms with Crippen molar-refractivity contribution in [2.75, 3.05) is 5.32 Å². The van der Waals surface area contributed by atoms with Gasteiger partial charge in [0.25, 0.3) is 0 Å². The second-order valence-electron chi connectivity index (χ2n) is 4.28. The van der Waals surface area contributed by atoms with Crippen molar-refractivity contribution in [3.63, 3.8) is 0 Å². The number of anilines is 1. The first-order chi connectivity index (χ1) is 9.13. The van der Waals surface area contributed by atoms with Crippen LogP contribution in [0.5, 0.6) is 0 Å². The van der Waals surface area contributed by atoms with E-state index >= 15 is 0 Å². The first-order valence-electron chi connectivity index (χ1n) is 5.98. The lowest BCUT2D eigenvalue weighted by molar-refractivity contribution is -0.116. The third kappa shape index (κ3) is 4.34. The van der Waals surface area contributed by atoms with Crippen LogP contribution in [-0.2, 0) is 11.2 Å². The number of benzene rings is 1. The maximum Gasteiger partial charge on any atom is 0.225 e. The molecule has 0 spiro atoms. The third-order valence-electron chi connectivity index (χ3n) is 2.62. The molecule has 1 heterocycles. The van der Waals surface area contributed by atoms with Gasteiger partial charge >= 0.3 is 0 Å². The van der Waals surface area contributed by atoms with Gasteiger partial charge in [-0.15, -0.1) is 10.2 Å². The molecule has 1 aromatic heterocycles. The lowest BCUT2D eigenvalue weighted by atomic mass is 10.1. The van der Waals surface area contributed by atoms with Gasteiger partial charge < -0.3 is 5.32 Å². The van der Waals surface area contributed by atoms with Crippen molar-refractivity contribution in [1.29, 1.82) is 0 Å². The van der Waals surface area contributed by atoms with Gasteiger partial charge in [-0.3, -0.25) is 4.79 Å². The van der Waals surface area contributed by atoms with E-state index in [2.05, 4.69) is 21.6 Å². The van der Waals surface area contributed by atoms with Gasteiger partial charge in [-0.25, -0.2) is 0 Å². The molecule has 5 heteroatoms. The Labute approximate surface area is 116 Å². The SMILES string of the molecule is Cc1cccc(CCC(=O)Nc2ccc(Cl)nn2)c1. The van der Waals surface area contributed by atoms with Crippen LogP contribution >= 0.6 is 11.6 Å². The zero-order valence-electron chi connectivity index (χ0n) is 10.6. The maximum absolute atomic E-state index is 11.7. The Morgan fingerprint density at radius 2 is 2.11 bits per heavy atom. The van der Waals surface area contributed by atoms with E-state index in [0.29, 0.717) is 23.8 Å². The number of halogens is 1. The van der Waals surface area contributed by atoms with E-state index in [4.69, 9.17) is 11.6 Å². The minimum absolute atomic E-state index is 0.0851. The highest BCUT2D eigenvalue weighted by Crippen LogP contribution is 2.09. The smallest absolute Gasteiger partial charge is 0.225 e. The summed E-state index contributed by atoms with van der Waals surface area (Å²) in [5.74, 6) is 0.330. The first kappa shape index (κ1) is 13.5. The van der Waals surface area contributed by atoms with Crippen molar-refractivity contribution < 1.29 is 4.79 Å². The van der Waals surface area contributed by atoms with Crippen LogP contribution in [0.1, 0.15) is 17.5 Å². The number of aromatic nitrogens is 2. The highest BCUT2D eigenvalue weighted by Gasteiger charge is 2.04. The number of nitrogens with zero attached hydrogens (tertiary/aromatic N) is 2. The van der Waals surface area contributed by atoms with E-state index in [-0.39, 0.29) is 5.91 Å². The fourth-order valence-corrected chi connectivity index (χ4v) is 1.81. The van der Waals surface area contributed by atoms with Crippen molar-refractivity contribution in [3.8, 4) is 0 Å². The van der Waals surface area contributed by atoms with Crippen LogP contribution in [0.15, 0.2) is 36.4 Å².